The third-order valence-electron chi connectivity index (χ3n) is 4.58. The molecule has 0 N–H and O–H groups in total. The zero-order chi connectivity index (χ0) is 19.7. The lowest BCUT2D eigenvalue weighted by molar-refractivity contribution is 0.427. The van der Waals surface area contributed by atoms with Crippen molar-refractivity contribution < 1.29 is 21.2 Å². The van der Waals surface area contributed by atoms with Gasteiger partial charge in [-0.25, -0.2) is 25.5 Å². The van der Waals surface area contributed by atoms with Crippen molar-refractivity contribution in [2.45, 2.75) is 17.4 Å². The lowest BCUT2D eigenvalue weighted by Gasteiger charge is -2.20. The van der Waals surface area contributed by atoms with Crippen molar-refractivity contribution >= 4 is 31.5 Å². The van der Waals surface area contributed by atoms with Gasteiger partial charge in [0.25, 0.3) is 0 Å². The van der Waals surface area contributed by atoms with Crippen LogP contribution >= 0.6 is 11.6 Å². The first-order valence-corrected chi connectivity index (χ1v) is 12.1. The van der Waals surface area contributed by atoms with Gasteiger partial charge in [0.2, 0.25) is 10.0 Å². The van der Waals surface area contributed by atoms with Crippen molar-refractivity contribution in [1.82, 2.24) is 4.31 Å². The number of nitrogens with zero attached hydrogens (tertiary/aromatic N) is 1. The molecule has 0 radical (unpaired) electrons. The van der Waals surface area contributed by atoms with Gasteiger partial charge in [0.15, 0.2) is 9.84 Å². The van der Waals surface area contributed by atoms with Gasteiger partial charge in [-0.15, -0.1) is 0 Å². The van der Waals surface area contributed by atoms with E-state index in [1.54, 1.807) is 24.3 Å². The summed E-state index contributed by atoms with van der Waals surface area (Å²) in [5.74, 6) is -1.17. The van der Waals surface area contributed by atoms with Gasteiger partial charge in [-0.05, 0) is 35.7 Å². The number of sulfone groups is 1. The molecule has 0 amide bonds. The molecule has 0 saturated carbocycles. The molecule has 2 aromatic carbocycles. The molecule has 9 heteroatoms. The van der Waals surface area contributed by atoms with E-state index in [0.717, 1.165) is 0 Å². The quantitative estimate of drug-likeness (QED) is 0.745. The van der Waals surface area contributed by atoms with Gasteiger partial charge in [-0.3, -0.25) is 0 Å². The van der Waals surface area contributed by atoms with Crippen molar-refractivity contribution in [3.8, 4) is 0 Å². The fraction of sp³-hybridized carbons (Fsp3) is 0.333. The predicted molar refractivity (Wildman–Crippen MR) is 103 cm³/mol. The molecular formula is C18H19ClFNO4S2. The molecule has 1 saturated heterocycles. The molecule has 1 heterocycles. The van der Waals surface area contributed by atoms with E-state index in [-0.39, 0.29) is 31.0 Å². The van der Waals surface area contributed by atoms with E-state index in [1.807, 2.05) is 0 Å². The van der Waals surface area contributed by atoms with Gasteiger partial charge in [0, 0.05) is 18.1 Å². The minimum absolute atomic E-state index is 0.0623. The lowest BCUT2D eigenvalue weighted by atomic mass is 10.1. The van der Waals surface area contributed by atoms with Crippen molar-refractivity contribution in [2.24, 2.45) is 0 Å². The Labute approximate surface area is 163 Å². The van der Waals surface area contributed by atoms with Crippen LogP contribution in [0.4, 0.5) is 4.39 Å². The van der Waals surface area contributed by atoms with E-state index in [0.29, 0.717) is 16.1 Å². The summed E-state index contributed by atoms with van der Waals surface area (Å²) in [6.07, 6.45) is 0.119. The lowest BCUT2D eigenvalue weighted by Crippen LogP contribution is -2.34. The Kier molecular flexibility index (Phi) is 5.90. The highest BCUT2D eigenvalue weighted by atomic mass is 35.5. The predicted octanol–water partition coefficient (Wildman–Crippen LogP) is 3.17. The van der Waals surface area contributed by atoms with E-state index in [1.165, 1.54) is 28.6 Å². The molecule has 0 aliphatic carbocycles. The highest BCUT2D eigenvalue weighted by Crippen LogP contribution is 2.34. The van der Waals surface area contributed by atoms with Crippen LogP contribution < -0.4 is 0 Å². The SMILES string of the molecule is O=S1(=O)CCN(S(=O)(=O)Cc2cccc(F)c2)CCC1c1ccccc1Cl. The van der Waals surface area contributed by atoms with Gasteiger partial charge in [-0.2, -0.15) is 0 Å². The third kappa shape index (κ3) is 4.68. The van der Waals surface area contributed by atoms with Crippen LogP contribution in [0.25, 0.3) is 0 Å². The summed E-state index contributed by atoms with van der Waals surface area (Å²) in [5, 5.41) is -0.497. The van der Waals surface area contributed by atoms with Crippen LogP contribution in [0.15, 0.2) is 48.5 Å². The van der Waals surface area contributed by atoms with E-state index in [2.05, 4.69) is 0 Å². The number of sulfonamides is 1. The third-order valence-corrected chi connectivity index (χ3v) is 8.89. The standard InChI is InChI=1S/C18H19ClFNO4S2/c19-17-7-2-1-6-16(17)18-8-9-21(10-11-26(18,22)23)27(24,25)13-14-4-3-5-15(20)12-14/h1-7,12,18H,8-11,13H2. The summed E-state index contributed by atoms with van der Waals surface area (Å²) in [5.41, 5.74) is 0.813. The molecule has 1 aliphatic heterocycles. The van der Waals surface area contributed by atoms with Crippen molar-refractivity contribution in [3.63, 3.8) is 0 Å². The number of hydrogen-bond acceptors (Lipinski definition) is 4. The Balaban J connectivity index is 1.83. The van der Waals surface area contributed by atoms with Gasteiger partial charge in [0.1, 0.15) is 5.82 Å². The van der Waals surface area contributed by atoms with Crippen molar-refractivity contribution in [3.05, 3.63) is 70.5 Å². The first kappa shape index (κ1) is 20.3. The molecule has 3 rings (SSSR count). The number of hydrogen-bond donors (Lipinski definition) is 0. The van der Waals surface area contributed by atoms with Crippen LogP contribution in [-0.4, -0.2) is 40.0 Å². The molecule has 2 aromatic rings. The molecule has 0 aromatic heterocycles. The maximum absolute atomic E-state index is 13.3. The van der Waals surface area contributed by atoms with E-state index < -0.39 is 30.9 Å². The number of rotatable bonds is 4. The van der Waals surface area contributed by atoms with Crippen LogP contribution in [0.5, 0.6) is 0 Å². The molecule has 1 aliphatic rings. The van der Waals surface area contributed by atoms with E-state index >= 15 is 0 Å². The monoisotopic (exact) mass is 431 g/mol. The molecule has 5 nitrogen and oxygen atoms in total. The maximum Gasteiger partial charge on any atom is 0.218 e. The van der Waals surface area contributed by atoms with Crippen LogP contribution in [0, 0.1) is 5.82 Å². The fourth-order valence-electron chi connectivity index (χ4n) is 3.22. The average molecular weight is 432 g/mol. The highest BCUT2D eigenvalue weighted by molar-refractivity contribution is 7.92. The molecule has 27 heavy (non-hydrogen) atoms. The van der Waals surface area contributed by atoms with Crippen LogP contribution in [0.1, 0.15) is 22.8 Å². The Hall–Kier alpha value is -1.48. The summed E-state index contributed by atoms with van der Waals surface area (Å²) >= 11 is 6.15. The molecule has 1 unspecified atom stereocenters. The van der Waals surface area contributed by atoms with Gasteiger partial charge in [-0.1, -0.05) is 41.9 Å². The summed E-state index contributed by atoms with van der Waals surface area (Å²) < 4.78 is 65.3. The molecule has 1 atom stereocenters. The summed E-state index contributed by atoms with van der Waals surface area (Å²) in [4.78, 5) is 0. The largest absolute Gasteiger partial charge is 0.228 e. The van der Waals surface area contributed by atoms with Crippen LogP contribution in [-0.2, 0) is 25.6 Å². The van der Waals surface area contributed by atoms with Crippen molar-refractivity contribution in [2.75, 3.05) is 18.8 Å². The first-order chi connectivity index (χ1) is 12.7. The second-order valence-corrected chi connectivity index (χ2v) is 11.1. The minimum atomic E-state index is -3.77. The summed E-state index contributed by atoms with van der Waals surface area (Å²) in [6, 6.07) is 12.1. The molecule has 1 fully saturated rings. The zero-order valence-corrected chi connectivity index (χ0v) is 16.8. The Morgan fingerprint density at radius 1 is 1.11 bits per heavy atom. The van der Waals surface area contributed by atoms with Crippen LogP contribution in [0.2, 0.25) is 5.02 Å². The molecule has 0 bridgehead atoms. The van der Waals surface area contributed by atoms with Gasteiger partial charge >= 0.3 is 0 Å². The summed E-state index contributed by atoms with van der Waals surface area (Å²) in [6.45, 7) is -0.0618. The Bertz CT molecular complexity index is 1040. The molecule has 0 spiro atoms. The van der Waals surface area contributed by atoms with E-state index in [9.17, 15) is 21.2 Å². The Morgan fingerprint density at radius 2 is 1.85 bits per heavy atom. The van der Waals surface area contributed by atoms with E-state index in [4.69, 9.17) is 11.6 Å². The number of halogens is 2. The smallest absolute Gasteiger partial charge is 0.218 e. The second-order valence-electron chi connectivity index (χ2n) is 6.45. The fourth-order valence-corrected chi connectivity index (χ4v) is 7.02. The first-order valence-electron chi connectivity index (χ1n) is 8.37. The van der Waals surface area contributed by atoms with Crippen LogP contribution in [0.3, 0.4) is 0 Å². The van der Waals surface area contributed by atoms with Crippen molar-refractivity contribution in [1.29, 1.82) is 0 Å². The number of benzene rings is 2. The Morgan fingerprint density at radius 3 is 2.56 bits per heavy atom. The molecule has 146 valence electrons. The minimum Gasteiger partial charge on any atom is -0.228 e. The topological polar surface area (TPSA) is 71.5 Å². The normalized spacial score (nSPS) is 20.9. The molecular weight excluding hydrogens is 413 g/mol. The maximum atomic E-state index is 13.3. The highest BCUT2D eigenvalue weighted by Gasteiger charge is 2.35. The van der Waals surface area contributed by atoms with Gasteiger partial charge in [0.05, 0.1) is 16.8 Å². The van der Waals surface area contributed by atoms with Gasteiger partial charge < -0.3 is 0 Å². The average Bonchev–Trinajstić information content (AvgIpc) is 2.74. The zero-order valence-electron chi connectivity index (χ0n) is 14.4. The summed E-state index contributed by atoms with van der Waals surface area (Å²) in [7, 11) is -7.33. The second kappa shape index (κ2) is 7.87.